The Morgan fingerprint density at radius 2 is 1.69 bits per heavy atom. The molecule has 4 nitrogen and oxygen atoms in total. The minimum atomic E-state index is -0.211. The van der Waals surface area contributed by atoms with E-state index in [9.17, 15) is 4.79 Å². The molecule has 0 spiro atoms. The van der Waals surface area contributed by atoms with Crippen molar-refractivity contribution >= 4 is 5.97 Å². The topological polar surface area (TPSA) is 55.6 Å². The molecule has 0 atom stereocenters. The van der Waals surface area contributed by atoms with Gasteiger partial charge in [0.15, 0.2) is 0 Å². The highest BCUT2D eigenvalue weighted by molar-refractivity contribution is 5.65. The van der Waals surface area contributed by atoms with Crippen molar-refractivity contribution in [2.24, 2.45) is 5.73 Å². The van der Waals surface area contributed by atoms with Gasteiger partial charge in [0.25, 0.3) is 0 Å². The highest BCUT2D eigenvalue weighted by Crippen LogP contribution is 2.02. The third-order valence-electron chi connectivity index (χ3n) is 2.06. The van der Waals surface area contributed by atoms with E-state index < -0.39 is 0 Å². The minimum Gasteiger partial charge on any atom is -0.466 e. The first-order valence-electron chi connectivity index (χ1n) is 5.95. The number of carbonyl (C=O) groups is 1. The van der Waals surface area contributed by atoms with E-state index in [1.807, 2.05) is 0 Å². The average Bonchev–Trinajstić information content (AvgIpc) is 2.13. The molecule has 0 aromatic heterocycles. The van der Waals surface area contributed by atoms with Crippen LogP contribution in [0.4, 0.5) is 0 Å². The van der Waals surface area contributed by atoms with Gasteiger partial charge < -0.3 is 10.5 Å². The Labute approximate surface area is 100 Å². The lowest BCUT2D eigenvalue weighted by molar-refractivity contribution is -0.140. The lowest BCUT2D eigenvalue weighted by Gasteiger charge is -2.29. The summed E-state index contributed by atoms with van der Waals surface area (Å²) in [6, 6.07) is 1.23. The number of hydrogen-bond donors (Lipinski definition) is 1. The molecule has 16 heavy (non-hydrogen) atoms. The molecule has 0 aliphatic carbocycles. The first-order chi connectivity index (χ1) is 7.36. The van der Waals surface area contributed by atoms with E-state index in [0.717, 1.165) is 13.1 Å². The van der Waals surface area contributed by atoms with Gasteiger partial charge in [-0.2, -0.15) is 0 Å². The fourth-order valence-corrected chi connectivity index (χ4v) is 1.47. The predicted molar refractivity (Wildman–Crippen MR) is 68.3 cm³/mol. The van der Waals surface area contributed by atoms with Crippen molar-refractivity contribution in [2.75, 3.05) is 19.7 Å². The van der Waals surface area contributed by atoms with E-state index in [1.165, 1.54) is 6.92 Å². The standard InChI is InChI=1S/C8H20N2.C4H8O2/c1-7(2)10(6-5-9)8(3)4;1-3-6-4(2)5/h7-8H,5-6,9H2,1-4H3;3H2,1-2H3. The Kier molecular flexibility index (Phi) is 12.1. The second kappa shape index (κ2) is 10.9. The van der Waals surface area contributed by atoms with Gasteiger partial charge in [-0.1, -0.05) is 0 Å². The van der Waals surface area contributed by atoms with Crippen LogP contribution in [-0.4, -0.2) is 42.6 Å². The fourth-order valence-electron chi connectivity index (χ4n) is 1.47. The van der Waals surface area contributed by atoms with Gasteiger partial charge in [0.05, 0.1) is 6.61 Å². The zero-order valence-corrected chi connectivity index (χ0v) is 11.6. The van der Waals surface area contributed by atoms with Crippen LogP contribution in [0.1, 0.15) is 41.5 Å². The molecular weight excluding hydrogens is 204 g/mol. The van der Waals surface area contributed by atoms with Crippen LogP contribution in [0.25, 0.3) is 0 Å². The molecule has 0 unspecified atom stereocenters. The van der Waals surface area contributed by atoms with Crippen molar-refractivity contribution in [3.8, 4) is 0 Å². The lowest BCUT2D eigenvalue weighted by Crippen LogP contribution is -2.40. The van der Waals surface area contributed by atoms with Gasteiger partial charge in [-0.05, 0) is 34.6 Å². The lowest BCUT2D eigenvalue weighted by atomic mass is 10.2. The molecule has 0 aromatic carbocycles. The zero-order chi connectivity index (χ0) is 13.1. The van der Waals surface area contributed by atoms with Crippen LogP contribution in [-0.2, 0) is 9.53 Å². The molecule has 0 amide bonds. The molecule has 0 bridgehead atoms. The van der Waals surface area contributed by atoms with Crippen molar-refractivity contribution in [2.45, 2.75) is 53.6 Å². The quantitative estimate of drug-likeness (QED) is 0.732. The summed E-state index contributed by atoms with van der Waals surface area (Å²) in [6.07, 6.45) is 0. The first-order valence-corrected chi connectivity index (χ1v) is 5.95. The maximum Gasteiger partial charge on any atom is 0.302 e. The summed E-state index contributed by atoms with van der Waals surface area (Å²) in [7, 11) is 0. The number of nitrogens with two attached hydrogens (primary N) is 1. The van der Waals surface area contributed by atoms with Crippen LogP contribution < -0.4 is 5.73 Å². The van der Waals surface area contributed by atoms with Gasteiger partial charge in [0, 0.05) is 32.1 Å². The number of ether oxygens (including phenoxy) is 1. The van der Waals surface area contributed by atoms with Crippen LogP contribution in [0.15, 0.2) is 0 Å². The summed E-state index contributed by atoms with van der Waals surface area (Å²) in [6.45, 7) is 14.2. The maximum atomic E-state index is 9.82. The molecule has 0 fully saturated rings. The second-order valence-electron chi connectivity index (χ2n) is 4.14. The summed E-state index contributed by atoms with van der Waals surface area (Å²) in [5.41, 5.74) is 5.46. The molecule has 98 valence electrons. The van der Waals surface area contributed by atoms with E-state index in [1.54, 1.807) is 6.92 Å². The van der Waals surface area contributed by atoms with Gasteiger partial charge >= 0.3 is 5.97 Å². The number of esters is 1. The van der Waals surface area contributed by atoms with Crippen LogP contribution >= 0.6 is 0 Å². The third kappa shape index (κ3) is 11.5. The predicted octanol–water partition coefficient (Wildman–Crippen LogP) is 1.63. The Bertz CT molecular complexity index is 162. The summed E-state index contributed by atoms with van der Waals surface area (Å²) in [5, 5.41) is 0. The van der Waals surface area contributed by atoms with E-state index in [4.69, 9.17) is 5.73 Å². The maximum absolute atomic E-state index is 9.82. The molecule has 4 heteroatoms. The van der Waals surface area contributed by atoms with Crippen molar-refractivity contribution in [1.82, 2.24) is 4.90 Å². The Morgan fingerprint density at radius 1 is 1.25 bits per heavy atom. The largest absolute Gasteiger partial charge is 0.466 e. The van der Waals surface area contributed by atoms with E-state index in [-0.39, 0.29) is 5.97 Å². The normalized spacial score (nSPS) is 10.4. The SMILES string of the molecule is CC(C)N(CCN)C(C)C.CCOC(C)=O. The Hall–Kier alpha value is -0.610. The van der Waals surface area contributed by atoms with Gasteiger partial charge in [0.2, 0.25) is 0 Å². The third-order valence-corrected chi connectivity index (χ3v) is 2.06. The summed E-state index contributed by atoms with van der Waals surface area (Å²) in [4.78, 5) is 12.2. The minimum absolute atomic E-state index is 0.211. The number of hydrogen-bond acceptors (Lipinski definition) is 4. The number of rotatable bonds is 5. The summed E-state index contributed by atoms with van der Waals surface area (Å²) in [5.74, 6) is -0.211. The molecule has 0 radical (unpaired) electrons. The fraction of sp³-hybridized carbons (Fsp3) is 0.917. The second-order valence-corrected chi connectivity index (χ2v) is 4.14. The smallest absolute Gasteiger partial charge is 0.302 e. The van der Waals surface area contributed by atoms with Crippen molar-refractivity contribution < 1.29 is 9.53 Å². The molecular formula is C12H28N2O2. The molecule has 0 saturated heterocycles. The van der Waals surface area contributed by atoms with Gasteiger partial charge in [-0.25, -0.2) is 0 Å². The van der Waals surface area contributed by atoms with Crippen LogP contribution in [0.5, 0.6) is 0 Å². The van der Waals surface area contributed by atoms with Crippen molar-refractivity contribution in [1.29, 1.82) is 0 Å². The van der Waals surface area contributed by atoms with E-state index in [2.05, 4.69) is 37.3 Å². The monoisotopic (exact) mass is 232 g/mol. The Morgan fingerprint density at radius 3 is 1.75 bits per heavy atom. The Balaban J connectivity index is 0. The zero-order valence-electron chi connectivity index (χ0n) is 11.6. The van der Waals surface area contributed by atoms with E-state index in [0.29, 0.717) is 18.7 Å². The van der Waals surface area contributed by atoms with Gasteiger partial charge in [0.1, 0.15) is 0 Å². The molecule has 0 aliphatic heterocycles. The molecule has 0 rings (SSSR count). The molecule has 0 aliphatic rings. The van der Waals surface area contributed by atoms with Crippen LogP contribution in [0, 0.1) is 0 Å². The van der Waals surface area contributed by atoms with Crippen LogP contribution in [0.3, 0.4) is 0 Å². The van der Waals surface area contributed by atoms with Crippen molar-refractivity contribution in [3.05, 3.63) is 0 Å². The number of carbonyl (C=O) groups excluding carboxylic acids is 1. The molecule has 0 heterocycles. The average molecular weight is 232 g/mol. The number of nitrogens with zero attached hydrogens (tertiary/aromatic N) is 1. The molecule has 0 aromatic rings. The highest BCUT2D eigenvalue weighted by Gasteiger charge is 2.10. The van der Waals surface area contributed by atoms with Crippen molar-refractivity contribution in [3.63, 3.8) is 0 Å². The first kappa shape index (κ1) is 17.8. The van der Waals surface area contributed by atoms with Gasteiger partial charge in [-0.15, -0.1) is 0 Å². The summed E-state index contributed by atoms with van der Waals surface area (Å²) >= 11 is 0. The molecule has 0 saturated carbocycles. The summed E-state index contributed by atoms with van der Waals surface area (Å²) < 4.78 is 4.40. The van der Waals surface area contributed by atoms with E-state index >= 15 is 0 Å². The molecule has 2 N–H and O–H groups in total. The highest BCUT2D eigenvalue weighted by atomic mass is 16.5. The van der Waals surface area contributed by atoms with Crippen LogP contribution in [0.2, 0.25) is 0 Å². The van der Waals surface area contributed by atoms with Gasteiger partial charge in [-0.3, -0.25) is 9.69 Å².